The Kier molecular flexibility index (Phi) is 6.46. The number of carbonyl (C=O) groups excluding carboxylic acids is 1. The number of nitrogens with one attached hydrogen (secondary N) is 1. The lowest BCUT2D eigenvalue weighted by Crippen LogP contribution is -2.23. The number of esters is 1. The number of carbonyl (C=O) groups is 1. The van der Waals surface area contributed by atoms with E-state index >= 15 is 0 Å². The number of sulfonamides is 1. The fraction of sp³-hybridized carbons (Fsp3) is 0.167. The van der Waals surface area contributed by atoms with Gasteiger partial charge in [0, 0.05) is 28.4 Å². The number of aryl methyl sites for hydroxylation is 2. The molecule has 2 heterocycles. The first-order chi connectivity index (χ1) is 15.7. The molecule has 170 valence electrons. The molecule has 0 saturated carbocycles. The molecule has 0 saturated heterocycles. The molecule has 4 rings (SSSR count). The summed E-state index contributed by atoms with van der Waals surface area (Å²) in [7, 11) is -3.81. The molecule has 0 bridgehead atoms. The summed E-state index contributed by atoms with van der Waals surface area (Å²) in [4.78, 5) is 25.4. The largest absolute Gasteiger partial charge is 0.457 e. The first-order valence-electron chi connectivity index (χ1n) is 10.1. The van der Waals surface area contributed by atoms with Crippen LogP contribution in [0.15, 0.2) is 74.1 Å². The highest BCUT2D eigenvalue weighted by molar-refractivity contribution is 7.89. The maximum atomic E-state index is 12.6. The van der Waals surface area contributed by atoms with E-state index in [4.69, 9.17) is 9.15 Å². The van der Waals surface area contributed by atoms with Crippen LogP contribution in [0.3, 0.4) is 0 Å². The molecule has 0 spiro atoms. The van der Waals surface area contributed by atoms with E-state index in [9.17, 15) is 18.0 Å². The van der Waals surface area contributed by atoms with Crippen LogP contribution in [0.4, 0.5) is 0 Å². The third-order valence-electron chi connectivity index (χ3n) is 5.20. The number of benzene rings is 2. The van der Waals surface area contributed by atoms with Crippen molar-refractivity contribution in [2.45, 2.75) is 31.9 Å². The van der Waals surface area contributed by atoms with Gasteiger partial charge in [0.2, 0.25) is 10.0 Å². The van der Waals surface area contributed by atoms with Crippen molar-refractivity contribution in [3.8, 4) is 0 Å². The molecule has 0 radical (unpaired) electrons. The quantitative estimate of drug-likeness (QED) is 0.310. The van der Waals surface area contributed by atoms with Gasteiger partial charge in [0.1, 0.15) is 12.2 Å². The minimum absolute atomic E-state index is 0.0367. The lowest BCUT2D eigenvalue weighted by molar-refractivity contribution is 0.0473. The minimum Gasteiger partial charge on any atom is -0.457 e. The molecular formula is C24H21NO6S2. The van der Waals surface area contributed by atoms with Gasteiger partial charge >= 0.3 is 11.6 Å². The van der Waals surface area contributed by atoms with Crippen LogP contribution in [-0.4, -0.2) is 14.4 Å². The fourth-order valence-electron chi connectivity index (χ4n) is 3.28. The Hall–Kier alpha value is -3.27. The first-order valence-corrected chi connectivity index (χ1v) is 12.4. The molecule has 1 N–H and O–H groups in total. The Labute approximate surface area is 194 Å². The number of thiophene rings is 1. The lowest BCUT2D eigenvalue weighted by Gasteiger charge is -2.10. The van der Waals surface area contributed by atoms with Crippen LogP contribution in [0.2, 0.25) is 0 Å². The second-order valence-electron chi connectivity index (χ2n) is 7.53. The van der Waals surface area contributed by atoms with E-state index in [1.807, 2.05) is 37.4 Å². The van der Waals surface area contributed by atoms with Crippen molar-refractivity contribution in [1.82, 2.24) is 4.72 Å². The van der Waals surface area contributed by atoms with Crippen LogP contribution < -0.4 is 10.3 Å². The van der Waals surface area contributed by atoms with E-state index in [-0.39, 0.29) is 23.6 Å². The maximum absolute atomic E-state index is 12.6. The summed E-state index contributed by atoms with van der Waals surface area (Å²) in [6.07, 6.45) is 0. The molecule has 0 amide bonds. The van der Waals surface area contributed by atoms with Gasteiger partial charge in [0.15, 0.2) is 0 Å². The van der Waals surface area contributed by atoms with E-state index in [0.29, 0.717) is 16.5 Å². The Morgan fingerprint density at radius 2 is 1.85 bits per heavy atom. The van der Waals surface area contributed by atoms with Crippen LogP contribution in [0.1, 0.15) is 31.9 Å². The molecule has 0 aliphatic heterocycles. The zero-order valence-electron chi connectivity index (χ0n) is 18.0. The number of hydrogen-bond donors (Lipinski definition) is 1. The lowest BCUT2D eigenvalue weighted by atomic mass is 10.0. The van der Waals surface area contributed by atoms with E-state index in [2.05, 4.69) is 4.72 Å². The summed E-state index contributed by atoms with van der Waals surface area (Å²) in [6.45, 7) is 3.86. The van der Waals surface area contributed by atoms with Crippen LogP contribution in [0.5, 0.6) is 0 Å². The number of hydrogen-bond acceptors (Lipinski definition) is 7. The maximum Gasteiger partial charge on any atom is 0.338 e. The van der Waals surface area contributed by atoms with Crippen molar-refractivity contribution >= 4 is 38.3 Å². The highest BCUT2D eigenvalue weighted by atomic mass is 32.2. The van der Waals surface area contributed by atoms with Gasteiger partial charge in [-0.05, 0) is 66.8 Å². The second kappa shape index (κ2) is 9.30. The number of ether oxygens (including phenoxy) is 1. The van der Waals surface area contributed by atoms with Crippen molar-refractivity contribution in [3.05, 3.63) is 97.5 Å². The molecule has 33 heavy (non-hydrogen) atoms. The van der Waals surface area contributed by atoms with Crippen molar-refractivity contribution in [3.63, 3.8) is 0 Å². The summed E-state index contributed by atoms with van der Waals surface area (Å²) < 4.78 is 38.4. The monoisotopic (exact) mass is 483 g/mol. The molecule has 2 aromatic carbocycles. The van der Waals surface area contributed by atoms with Gasteiger partial charge < -0.3 is 9.15 Å². The second-order valence-corrected chi connectivity index (χ2v) is 10.3. The van der Waals surface area contributed by atoms with Crippen molar-refractivity contribution < 1.29 is 22.4 Å². The van der Waals surface area contributed by atoms with Crippen molar-refractivity contribution in [2.24, 2.45) is 0 Å². The van der Waals surface area contributed by atoms with Crippen LogP contribution in [0, 0.1) is 13.8 Å². The Morgan fingerprint density at radius 1 is 1.06 bits per heavy atom. The predicted molar refractivity (Wildman–Crippen MR) is 126 cm³/mol. The minimum atomic E-state index is -3.81. The molecule has 9 heteroatoms. The Bertz CT molecular complexity index is 1490. The molecular weight excluding hydrogens is 462 g/mol. The average Bonchev–Trinajstić information content (AvgIpc) is 3.31. The summed E-state index contributed by atoms with van der Waals surface area (Å²) in [5.41, 5.74) is 2.47. The van der Waals surface area contributed by atoms with E-state index in [1.165, 1.54) is 41.7 Å². The molecule has 4 aromatic rings. The normalized spacial score (nSPS) is 11.6. The molecule has 2 aromatic heterocycles. The number of rotatable bonds is 7. The summed E-state index contributed by atoms with van der Waals surface area (Å²) >= 11 is 1.44. The van der Waals surface area contributed by atoms with Gasteiger partial charge in [-0.3, -0.25) is 0 Å². The highest BCUT2D eigenvalue weighted by Gasteiger charge is 2.18. The summed E-state index contributed by atoms with van der Waals surface area (Å²) in [5, 5.41) is 2.54. The molecule has 0 aliphatic carbocycles. The third-order valence-corrected chi connectivity index (χ3v) is 7.48. The van der Waals surface area contributed by atoms with Crippen LogP contribution >= 0.6 is 11.3 Å². The van der Waals surface area contributed by atoms with Gasteiger partial charge in [-0.1, -0.05) is 12.1 Å². The highest BCUT2D eigenvalue weighted by Crippen LogP contribution is 2.23. The van der Waals surface area contributed by atoms with Gasteiger partial charge in [-0.25, -0.2) is 22.7 Å². The molecule has 0 aliphatic rings. The van der Waals surface area contributed by atoms with Crippen molar-refractivity contribution in [2.75, 3.05) is 0 Å². The van der Waals surface area contributed by atoms with Crippen molar-refractivity contribution in [1.29, 1.82) is 0 Å². The molecule has 0 fully saturated rings. The standard InChI is InChI=1S/C24H21NO6S2/c1-15-9-21-18(12-23(26)31-22(21)10-16(15)2)14-30-24(27)17-5-3-7-20(11-17)33(28,29)25-13-19-6-4-8-32-19/h3-12,25H,13-14H2,1-2H3. The fourth-order valence-corrected chi connectivity index (χ4v) is 5.07. The van der Waals surface area contributed by atoms with Crippen LogP contribution in [0.25, 0.3) is 11.0 Å². The topological polar surface area (TPSA) is 103 Å². The van der Waals surface area contributed by atoms with Crippen LogP contribution in [-0.2, 0) is 27.9 Å². The smallest absolute Gasteiger partial charge is 0.338 e. The predicted octanol–water partition coefficient (Wildman–Crippen LogP) is 4.31. The van der Waals surface area contributed by atoms with E-state index in [0.717, 1.165) is 16.0 Å². The van der Waals surface area contributed by atoms with E-state index < -0.39 is 21.6 Å². The average molecular weight is 484 g/mol. The molecule has 0 unspecified atom stereocenters. The zero-order chi connectivity index (χ0) is 23.6. The zero-order valence-corrected chi connectivity index (χ0v) is 19.6. The molecule has 7 nitrogen and oxygen atoms in total. The van der Waals surface area contributed by atoms with Gasteiger partial charge in [0.25, 0.3) is 0 Å². The molecule has 0 atom stereocenters. The Balaban J connectivity index is 1.52. The number of fused-ring (bicyclic) bond motifs is 1. The van der Waals surface area contributed by atoms with Gasteiger partial charge in [-0.2, -0.15) is 0 Å². The third kappa shape index (κ3) is 5.22. The summed E-state index contributed by atoms with van der Waals surface area (Å²) in [5.74, 6) is -0.699. The summed E-state index contributed by atoms with van der Waals surface area (Å²) in [6, 6.07) is 14.3. The SMILES string of the molecule is Cc1cc2oc(=O)cc(COC(=O)c3cccc(S(=O)(=O)NCc4cccs4)c3)c2cc1C. The van der Waals surface area contributed by atoms with E-state index in [1.54, 1.807) is 6.07 Å². The van der Waals surface area contributed by atoms with Gasteiger partial charge in [-0.15, -0.1) is 11.3 Å². The van der Waals surface area contributed by atoms with Gasteiger partial charge in [0.05, 0.1) is 10.5 Å². The Morgan fingerprint density at radius 3 is 2.61 bits per heavy atom. The first kappa shape index (κ1) is 22.9.